The lowest BCUT2D eigenvalue weighted by Crippen LogP contribution is -2.51. The molecule has 18 heavy (non-hydrogen) atoms. The molecule has 0 radical (unpaired) electrons. The molecule has 0 saturated carbocycles. The molecule has 0 amide bonds. The van der Waals surface area contributed by atoms with Gasteiger partial charge in [0.25, 0.3) is 10.2 Å². The molecule has 0 unspecified atom stereocenters. The number of anilines is 1. The number of nitrogens with one attached hydrogen (secondary N) is 1. The Balaban J connectivity index is 2.03. The molecule has 1 saturated heterocycles. The van der Waals surface area contributed by atoms with Crippen LogP contribution in [0.25, 0.3) is 0 Å². The minimum absolute atomic E-state index is 0.465. The van der Waals surface area contributed by atoms with Crippen LogP contribution in [0.5, 0.6) is 0 Å². The molecule has 2 rings (SSSR count). The van der Waals surface area contributed by atoms with Crippen LogP contribution in [0.1, 0.15) is 5.82 Å². The van der Waals surface area contributed by atoms with Gasteiger partial charge in [-0.25, -0.2) is 14.7 Å². The van der Waals surface area contributed by atoms with E-state index in [1.165, 1.54) is 11.4 Å². The van der Waals surface area contributed by atoms with Crippen LogP contribution in [-0.2, 0) is 10.2 Å². The molecule has 100 valence electrons. The molecule has 1 fully saturated rings. The van der Waals surface area contributed by atoms with E-state index in [2.05, 4.69) is 19.6 Å². The highest BCUT2D eigenvalue weighted by Gasteiger charge is 2.26. The molecule has 1 aromatic heterocycles. The molecule has 0 atom stereocenters. The maximum Gasteiger partial charge on any atom is 0.279 e. The van der Waals surface area contributed by atoms with Crippen molar-refractivity contribution in [1.82, 2.24) is 19.0 Å². The highest BCUT2D eigenvalue weighted by Crippen LogP contribution is 2.14. The summed E-state index contributed by atoms with van der Waals surface area (Å²) in [7, 11) is -1.89. The summed E-state index contributed by atoms with van der Waals surface area (Å²) in [5, 5.41) is 0. The van der Waals surface area contributed by atoms with Crippen molar-refractivity contribution >= 4 is 16.0 Å². The molecule has 1 aliphatic heterocycles. The standard InChI is InChI=1S/C10H17N5O2S/c1-9-12-4-3-10(13-9)14-5-7-15(8-6-14)18(16,17)11-2/h3-4,11H,5-8H2,1-2H3. The Hall–Kier alpha value is -1.25. The minimum Gasteiger partial charge on any atom is -0.354 e. The number of hydrogen-bond donors (Lipinski definition) is 1. The molecule has 1 aromatic rings. The van der Waals surface area contributed by atoms with Gasteiger partial charge in [0.05, 0.1) is 0 Å². The predicted molar refractivity (Wildman–Crippen MR) is 68.5 cm³/mol. The van der Waals surface area contributed by atoms with Gasteiger partial charge in [0, 0.05) is 39.4 Å². The summed E-state index contributed by atoms with van der Waals surface area (Å²) in [6.45, 7) is 4.04. The Labute approximate surface area is 107 Å². The van der Waals surface area contributed by atoms with Crippen LogP contribution in [0.2, 0.25) is 0 Å². The van der Waals surface area contributed by atoms with E-state index in [0.29, 0.717) is 26.2 Å². The van der Waals surface area contributed by atoms with Crippen LogP contribution in [0.15, 0.2) is 12.3 Å². The molecule has 0 bridgehead atoms. The summed E-state index contributed by atoms with van der Waals surface area (Å²) in [5.74, 6) is 1.57. The summed E-state index contributed by atoms with van der Waals surface area (Å²) in [6, 6.07) is 1.84. The highest BCUT2D eigenvalue weighted by molar-refractivity contribution is 7.87. The summed E-state index contributed by atoms with van der Waals surface area (Å²) in [6.07, 6.45) is 1.72. The lowest BCUT2D eigenvalue weighted by Gasteiger charge is -2.34. The Morgan fingerprint density at radius 2 is 1.94 bits per heavy atom. The van der Waals surface area contributed by atoms with E-state index < -0.39 is 10.2 Å². The summed E-state index contributed by atoms with van der Waals surface area (Å²) < 4.78 is 27.0. The van der Waals surface area contributed by atoms with Crippen molar-refractivity contribution in [3.05, 3.63) is 18.1 Å². The van der Waals surface area contributed by atoms with Gasteiger partial charge in [0.2, 0.25) is 0 Å². The molecule has 1 N–H and O–H groups in total. The Bertz CT molecular complexity index is 511. The fraction of sp³-hybridized carbons (Fsp3) is 0.600. The highest BCUT2D eigenvalue weighted by atomic mass is 32.2. The van der Waals surface area contributed by atoms with Gasteiger partial charge in [-0.15, -0.1) is 0 Å². The molecule has 0 spiro atoms. The zero-order valence-electron chi connectivity index (χ0n) is 10.5. The molecule has 0 aromatic carbocycles. The number of hydrogen-bond acceptors (Lipinski definition) is 5. The second-order valence-electron chi connectivity index (χ2n) is 4.06. The molecule has 8 heteroatoms. The normalized spacial score (nSPS) is 18.0. The maximum absolute atomic E-state index is 11.6. The van der Waals surface area contributed by atoms with Crippen molar-refractivity contribution in [2.24, 2.45) is 0 Å². The van der Waals surface area contributed by atoms with Crippen molar-refractivity contribution in [2.75, 3.05) is 38.1 Å². The lowest BCUT2D eigenvalue weighted by molar-refractivity contribution is 0.379. The second kappa shape index (κ2) is 5.17. The lowest BCUT2D eigenvalue weighted by atomic mass is 10.3. The SMILES string of the molecule is CNS(=O)(=O)N1CCN(c2ccnc(C)n2)CC1. The van der Waals surface area contributed by atoms with Gasteiger partial charge in [-0.1, -0.05) is 0 Å². The topological polar surface area (TPSA) is 78.4 Å². The van der Waals surface area contributed by atoms with E-state index in [1.54, 1.807) is 6.20 Å². The van der Waals surface area contributed by atoms with E-state index >= 15 is 0 Å². The van der Waals surface area contributed by atoms with Gasteiger partial charge >= 0.3 is 0 Å². The van der Waals surface area contributed by atoms with Gasteiger partial charge in [0.15, 0.2) is 0 Å². The molecular weight excluding hydrogens is 254 g/mol. The number of aryl methyl sites for hydroxylation is 1. The monoisotopic (exact) mass is 271 g/mol. The van der Waals surface area contributed by atoms with Crippen LogP contribution in [0, 0.1) is 6.92 Å². The number of rotatable bonds is 3. The third-order valence-corrected chi connectivity index (χ3v) is 4.48. The number of nitrogens with zero attached hydrogens (tertiary/aromatic N) is 4. The first-order valence-corrected chi connectivity index (χ1v) is 7.20. The largest absolute Gasteiger partial charge is 0.354 e. The van der Waals surface area contributed by atoms with Crippen LogP contribution in [0.3, 0.4) is 0 Å². The molecule has 7 nitrogen and oxygen atoms in total. The van der Waals surface area contributed by atoms with Crippen LogP contribution < -0.4 is 9.62 Å². The second-order valence-corrected chi connectivity index (χ2v) is 5.93. The first-order valence-electron chi connectivity index (χ1n) is 5.76. The van der Waals surface area contributed by atoms with Crippen molar-refractivity contribution in [1.29, 1.82) is 0 Å². The minimum atomic E-state index is -3.31. The van der Waals surface area contributed by atoms with E-state index in [1.807, 2.05) is 13.0 Å². The van der Waals surface area contributed by atoms with Gasteiger partial charge in [0.1, 0.15) is 11.6 Å². The average Bonchev–Trinajstić information content (AvgIpc) is 2.39. The number of aromatic nitrogens is 2. The van der Waals surface area contributed by atoms with Gasteiger partial charge in [-0.3, -0.25) is 0 Å². The third-order valence-electron chi connectivity index (χ3n) is 2.92. The van der Waals surface area contributed by atoms with Gasteiger partial charge in [-0.05, 0) is 13.0 Å². The fourth-order valence-corrected chi connectivity index (χ4v) is 2.81. The Kier molecular flexibility index (Phi) is 3.79. The van der Waals surface area contributed by atoms with Crippen LogP contribution in [0.4, 0.5) is 5.82 Å². The number of piperazine rings is 1. The maximum atomic E-state index is 11.6. The van der Waals surface area contributed by atoms with Gasteiger partial charge in [-0.2, -0.15) is 12.7 Å². The van der Waals surface area contributed by atoms with E-state index in [-0.39, 0.29) is 0 Å². The smallest absolute Gasteiger partial charge is 0.279 e. The molecule has 0 aliphatic carbocycles. The third kappa shape index (κ3) is 2.77. The zero-order valence-corrected chi connectivity index (χ0v) is 11.3. The molecule has 1 aliphatic rings. The van der Waals surface area contributed by atoms with E-state index in [0.717, 1.165) is 11.6 Å². The molecule has 2 heterocycles. The molecular formula is C10H17N5O2S. The van der Waals surface area contributed by atoms with Crippen molar-refractivity contribution in [2.45, 2.75) is 6.92 Å². The zero-order chi connectivity index (χ0) is 13.2. The summed E-state index contributed by atoms with van der Waals surface area (Å²) >= 11 is 0. The average molecular weight is 271 g/mol. The van der Waals surface area contributed by atoms with Gasteiger partial charge < -0.3 is 4.90 Å². The first kappa shape index (κ1) is 13.2. The van der Waals surface area contributed by atoms with Crippen molar-refractivity contribution in [3.63, 3.8) is 0 Å². The Morgan fingerprint density at radius 3 is 2.50 bits per heavy atom. The fourth-order valence-electron chi connectivity index (χ4n) is 1.91. The van der Waals surface area contributed by atoms with Crippen molar-refractivity contribution in [3.8, 4) is 0 Å². The van der Waals surface area contributed by atoms with E-state index in [4.69, 9.17) is 0 Å². The van der Waals surface area contributed by atoms with Crippen molar-refractivity contribution < 1.29 is 8.42 Å². The van der Waals surface area contributed by atoms with Crippen LogP contribution in [-0.4, -0.2) is 55.9 Å². The first-order chi connectivity index (χ1) is 8.53. The summed E-state index contributed by atoms with van der Waals surface area (Å²) in [4.78, 5) is 10.4. The Morgan fingerprint density at radius 1 is 1.28 bits per heavy atom. The quantitative estimate of drug-likeness (QED) is 0.792. The predicted octanol–water partition coefficient (Wildman–Crippen LogP) is -0.629. The van der Waals surface area contributed by atoms with E-state index in [9.17, 15) is 8.42 Å². The summed E-state index contributed by atoms with van der Waals surface area (Å²) in [5.41, 5.74) is 0. The van der Waals surface area contributed by atoms with Crippen LogP contribution >= 0.6 is 0 Å².